The van der Waals surface area contributed by atoms with Crippen LogP contribution in [0.25, 0.3) is 38.6 Å². The van der Waals surface area contributed by atoms with Gasteiger partial charge in [-0.2, -0.15) is 5.26 Å². The Bertz CT molecular complexity index is 1740. The van der Waals surface area contributed by atoms with Crippen LogP contribution in [0.1, 0.15) is 17.5 Å². The van der Waals surface area contributed by atoms with Gasteiger partial charge in [0.1, 0.15) is 0 Å². The van der Waals surface area contributed by atoms with Gasteiger partial charge in [-0.25, -0.2) is 0 Å². The first-order chi connectivity index (χ1) is 18.3. The minimum Gasteiger partial charge on any atom is -0.334 e. The van der Waals surface area contributed by atoms with Crippen molar-refractivity contribution in [2.24, 2.45) is 0 Å². The molecule has 0 aliphatic heterocycles. The van der Waals surface area contributed by atoms with Crippen LogP contribution in [0.15, 0.2) is 127 Å². The fourth-order valence-corrected chi connectivity index (χ4v) is 5.93. The van der Waals surface area contributed by atoms with Crippen molar-refractivity contribution in [3.63, 3.8) is 0 Å². The quantitative estimate of drug-likeness (QED) is 0.256. The van der Waals surface area contributed by atoms with Crippen LogP contribution >= 0.6 is 0 Å². The fourth-order valence-electron chi connectivity index (χ4n) is 5.93. The molecule has 0 radical (unpaired) electrons. The molecule has 0 saturated carbocycles. The van der Waals surface area contributed by atoms with E-state index >= 15 is 0 Å². The molecule has 0 fully saturated rings. The molecule has 0 aromatic heterocycles. The van der Waals surface area contributed by atoms with Gasteiger partial charge in [-0.3, -0.25) is 0 Å². The highest BCUT2D eigenvalue weighted by atomic mass is 15.2. The molecule has 0 N–H and O–H groups in total. The summed E-state index contributed by atoms with van der Waals surface area (Å²) >= 11 is 0. The zero-order chi connectivity index (χ0) is 24.8. The van der Waals surface area contributed by atoms with E-state index in [2.05, 4.69) is 114 Å². The van der Waals surface area contributed by atoms with Gasteiger partial charge in [0, 0.05) is 11.4 Å². The van der Waals surface area contributed by atoms with Crippen LogP contribution in [0.2, 0.25) is 0 Å². The number of nitriles is 1. The molecule has 0 spiro atoms. The molecule has 5 aromatic carbocycles. The Morgan fingerprint density at radius 2 is 1.32 bits per heavy atom. The molecule has 0 bridgehead atoms. The van der Waals surface area contributed by atoms with Crippen LogP contribution in [0.3, 0.4) is 0 Å². The Morgan fingerprint density at radius 1 is 0.649 bits per heavy atom. The van der Waals surface area contributed by atoms with E-state index in [1.54, 1.807) is 0 Å². The Labute approximate surface area is 217 Å². The van der Waals surface area contributed by atoms with E-state index in [4.69, 9.17) is 0 Å². The second-order valence-electron chi connectivity index (χ2n) is 9.63. The molecule has 1 atom stereocenters. The molecular formula is C35H24N2. The van der Waals surface area contributed by atoms with Gasteiger partial charge in [0.25, 0.3) is 0 Å². The van der Waals surface area contributed by atoms with E-state index < -0.39 is 0 Å². The molecule has 37 heavy (non-hydrogen) atoms. The number of benzene rings is 5. The summed E-state index contributed by atoms with van der Waals surface area (Å²) in [6.45, 7) is 0. The van der Waals surface area contributed by atoms with Crippen LogP contribution in [0.4, 0.5) is 11.4 Å². The fraction of sp³-hybridized carbons (Fsp3) is 0.0571. The highest BCUT2D eigenvalue weighted by molar-refractivity contribution is 6.17. The van der Waals surface area contributed by atoms with Gasteiger partial charge in [-0.05, 0) is 80.9 Å². The lowest BCUT2D eigenvalue weighted by molar-refractivity contribution is 0.787. The molecule has 0 saturated heterocycles. The number of rotatable bonds is 4. The number of hydrogen-bond donors (Lipinski definition) is 0. The summed E-state index contributed by atoms with van der Waals surface area (Å²) < 4.78 is 0. The standard InChI is InChI=1S/C35H24N2/c36-23-24-9-6-13-27(21-24)37(26-11-2-1-3-12-26)28-14-7-10-25(22-28)29-19-20-34-31-16-5-4-15-30(31)33-18-8-17-32(29)35(33)34/h1-13,15-22,28H,14H2. The van der Waals surface area contributed by atoms with Gasteiger partial charge < -0.3 is 4.90 Å². The molecule has 0 heterocycles. The monoisotopic (exact) mass is 472 g/mol. The van der Waals surface area contributed by atoms with Crippen molar-refractivity contribution in [1.29, 1.82) is 5.26 Å². The van der Waals surface area contributed by atoms with E-state index in [1.807, 2.05) is 24.3 Å². The van der Waals surface area contributed by atoms with Crippen molar-refractivity contribution in [2.45, 2.75) is 12.5 Å². The number of allylic oxidation sites excluding steroid dienone is 2. The van der Waals surface area contributed by atoms with E-state index in [0.717, 1.165) is 17.8 Å². The summed E-state index contributed by atoms with van der Waals surface area (Å²) in [6, 6.07) is 40.7. The topological polar surface area (TPSA) is 27.0 Å². The Kier molecular flexibility index (Phi) is 5.01. The first-order valence-corrected chi connectivity index (χ1v) is 12.7. The second kappa shape index (κ2) is 8.66. The van der Waals surface area contributed by atoms with E-state index in [-0.39, 0.29) is 6.04 Å². The number of nitrogens with zero attached hydrogens (tertiary/aromatic N) is 2. The zero-order valence-corrected chi connectivity index (χ0v) is 20.3. The van der Waals surface area contributed by atoms with Crippen LogP contribution in [-0.4, -0.2) is 6.04 Å². The van der Waals surface area contributed by atoms with Gasteiger partial charge in [0.2, 0.25) is 0 Å². The summed E-state index contributed by atoms with van der Waals surface area (Å²) in [5, 5.41) is 12.2. The minimum atomic E-state index is 0.122. The third-order valence-electron chi connectivity index (χ3n) is 7.53. The van der Waals surface area contributed by atoms with E-state index in [0.29, 0.717) is 5.56 Å². The largest absolute Gasteiger partial charge is 0.334 e. The summed E-state index contributed by atoms with van der Waals surface area (Å²) in [7, 11) is 0. The van der Waals surface area contributed by atoms with Crippen LogP contribution in [-0.2, 0) is 0 Å². The lowest BCUT2D eigenvalue weighted by Gasteiger charge is -2.33. The van der Waals surface area contributed by atoms with Crippen molar-refractivity contribution < 1.29 is 0 Å². The maximum atomic E-state index is 9.54. The average molecular weight is 473 g/mol. The number of fused-ring (bicyclic) bond motifs is 3. The summed E-state index contributed by atoms with van der Waals surface area (Å²) in [4.78, 5) is 2.35. The molecule has 174 valence electrons. The zero-order valence-electron chi connectivity index (χ0n) is 20.3. The highest BCUT2D eigenvalue weighted by Crippen LogP contribution is 2.48. The molecule has 2 heteroatoms. The molecule has 5 aromatic rings. The second-order valence-corrected chi connectivity index (χ2v) is 9.63. The maximum Gasteiger partial charge on any atom is 0.0992 e. The minimum absolute atomic E-state index is 0.122. The third kappa shape index (κ3) is 3.48. The van der Waals surface area contributed by atoms with Gasteiger partial charge in [0.05, 0.1) is 17.7 Å². The highest BCUT2D eigenvalue weighted by Gasteiger charge is 2.25. The van der Waals surface area contributed by atoms with E-state index in [1.165, 1.54) is 44.2 Å². The molecule has 0 amide bonds. The average Bonchev–Trinajstić information content (AvgIpc) is 3.30. The van der Waals surface area contributed by atoms with Crippen molar-refractivity contribution >= 4 is 27.7 Å². The summed E-state index contributed by atoms with van der Waals surface area (Å²) in [6.07, 6.45) is 7.82. The molecule has 2 nitrogen and oxygen atoms in total. The van der Waals surface area contributed by atoms with Gasteiger partial charge in [0.15, 0.2) is 0 Å². The molecule has 2 aliphatic rings. The van der Waals surface area contributed by atoms with Crippen molar-refractivity contribution in [3.05, 3.63) is 139 Å². The van der Waals surface area contributed by atoms with Gasteiger partial charge >= 0.3 is 0 Å². The van der Waals surface area contributed by atoms with Gasteiger partial charge in [-0.1, -0.05) is 97.1 Å². The Morgan fingerprint density at radius 3 is 2.14 bits per heavy atom. The van der Waals surface area contributed by atoms with E-state index in [9.17, 15) is 5.26 Å². The van der Waals surface area contributed by atoms with Crippen LogP contribution in [0.5, 0.6) is 0 Å². The SMILES string of the molecule is N#Cc1cccc(N(c2ccccc2)C2C=C(c3ccc4c5c(cccc35)-c3ccccc3-4)C=CC2)c1. The first-order valence-electron chi connectivity index (χ1n) is 12.7. The molecule has 7 rings (SSSR count). The maximum absolute atomic E-state index is 9.54. The molecule has 2 aliphatic carbocycles. The van der Waals surface area contributed by atoms with Crippen LogP contribution < -0.4 is 4.90 Å². The Balaban J connectivity index is 1.37. The summed E-state index contributed by atoms with van der Waals surface area (Å²) in [5.41, 5.74) is 10.6. The first kappa shape index (κ1) is 21.4. The van der Waals surface area contributed by atoms with Crippen molar-refractivity contribution in [1.82, 2.24) is 0 Å². The normalized spacial score (nSPS) is 15.2. The lowest BCUT2D eigenvalue weighted by atomic mass is 9.90. The smallest absolute Gasteiger partial charge is 0.0992 e. The third-order valence-corrected chi connectivity index (χ3v) is 7.53. The van der Waals surface area contributed by atoms with Crippen molar-refractivity contribution in [3.8, 4) is 28.3 Å². The predicted octanol–water partition coefficient (Wildman–Crippen LogP) is 8.91. The molecule has 1 unspecified atom stereocenters. The summed E-state index contributed by atoms with van der Waals surface area (Å²) in [5.74, 6) is 0. The number of para-hydroxylation sites is 1. The number of anilines is 2. The predicted molar refractivity (Wildman–Crippen MR) is 154 cm³/mol. The lowest BCUT2D eigenvalue weighted by Crippen LogP contribution is -2.30. The Hall–Kier alpha value is -4.87. The van der Waals surface area contributed by atoms with Gasteiger partial charge in [-0.15, -0.1) is 0 Å². The molecular weight excluding hydrogens is 448 g/mol. The van der Waals surface area contributed by atoms with Crippen LogP contribution in [0, 0.1) is 11.3 Å². The number of hydrogen-bond acceptors (Lipinski definition) is 2. The van der Waals surface area contributed by atoms with Crippen molar-refractivity contribution in [2.75, 3.05) is 4.90 Å².